The molecule has 146 valence electrons. The molecule has 0 aromatic heterocycles. The van der Waals surface area contributed by atoms with Crippen LogP contribution in [0.25, 0.3) is 0 Å². The van der Waals surface area contributed by atoms with Crippen LogP contribution in [0.1, 0.15) is 15.9 Å². The Bertz CT molecular complexity index is 875. The van der Waals surface area contributed by atoms with E-state index in [0.717, 1.165) is 18.7 Å². The molecule has 2 aromatic rings. The zero-order chi connectivity index (χ0) is 19.5. The van der Waals surface area contributed by atoms with E-state index in [-0.39, 0.29) is 11.8 Å². The molecule has 0 saturated carbocycles. The molecule has 6 heteroatoms. The van der Waals surface area contributed by atoms with Gasteiger partial charge in [-0.3, -0.25) is 14.5 Å². The number of anilines is 1. The molecular formula is C22H25N3O3. The van der Waals surface area contributed by atoms with E-state index in [9.17, 15) is 9.59 Å². The first-order valence-electron chi connectivity index (χ1n) is 9.69. The Morgan fingerprint density at radius 2 is 1.75 bits per heavy atom. The van der Waals surface area contributed by atoms with Crippen molar-refractivity contribution in [1.29, 1.82) is 0 Å². The zero-order valence-electron chi connectivity index (χ0n) is 16.1. The van der Waals surface area contributed by atoms with Crippen molar-refractivity contribution in [2.75, 3.05) is 51.3 Å². The largest absolute Gasteiger partial charge is 0.497 e. The fraction of sp³-hybridized carbons (Fsp3) is 0.364. The number of ether oxygens (including phenoxy) is 1. The number of piperazine rings is 1. The third kappa shape index (κ3) is 3.73. The highest BCUT2D eigenvalue weighted by Crippen LogP contribution is 2.27. The number of amides is 2. The molecule has 2 heterocycles. The van der Waals surface area contributed by atoms with E-state index in [2.05, 4.69) is 11.0 Å². The number of carbonyl (C=O) groups is 2. The van der Waals surface area contributed by atoms with E-state index in [1.807, 2.05) is 46.2 Å². The molecule has 28 heavy (non-hydrogen) atoms. The number of para-hydroxylation sites is 1. The van der Waals surface area contributed by atoms with Crippen LogP contribution in [0.4, 0.5) is 5.69 Å². The number of methoxy groups -OCH3 is 1. The number of rotatable bonds is 4. The normalized spacial score (nSPS) is 16.8. The highest BCUT2D eigenvalue weighted by molar-refractivity contribution is 5.97. The highest BCUT2D eigenvalue weighted by Gasteiger charge is 2.28. The molecule has 0 bridgehead atoms. The lowest BCUT2D eigenvalue weighted by Crippen LogP contribution is -2.51. The van der Waals surface area contributed by atoms with E-state index in [0.29, 0.717) is 44.0 Å². The summed E-state index contributed by atoms with van der Waals surface area (Å²) in [5.41, 5.74) is 2.92. The van der Waals surface area contributed by atoms with E-state index in [4.69, 9.17) is 4.74 Å². The van der Waals surface area contributed by atoms with E-state index in [1.54, 1.807) is 13.2 Å². The molecule has 0 radical (unpaired) electrons. The van der Waals surface area contributed by atoms with Gasteiger partial charge in [-0.05, 0) is 36.2 Å². The number of benzene rings is 2. The molecule has 4 rings (SSSR count). The molecule has 6 nitrogen and oxygen atoms in total. The van der Waals surface area contributed by atoms with Crippen molar-refractivity contribution in [3.05, 3.63) is 59.7 Å². The van der Waals surface area contributed by atoms with Crippen LogP contribution in [0.2, 0.25) is 0 Å². The van der Waals surface area contributed by atoms with Gasteiger partial charge in [0.15, 0.2) is 0 Å². The van der Waals surface area contributed by atoms with Crippen molar-refractivity contribution in [3.63, 3.8) is 0 Å². The SMILES string of the molecule is COc1cccc(C(=O)N2CCN(CC(=O)N3CCc4ccccc43)CC2)c1. The first kappa shape index (κ1) is 18.5. The monoisotopic (exact) mass is 379 g/mol. The third-order valence-electron chi connectivity index (χ3n) is 5.52. The van der Waals surface area contributed by atoms with Crippen LogP contribution >= 0.6 is 0 Å². The average Bonchev–Trinajstić information content (AvgIpc) is 3.18. The molecule has 0 N–H and O–H groups in total. The molecule has 0 unspecified atom stereocenters. The van der Waals surface area contributed by atoms with Crippen LogP contribution < -0.4 is 9.64 Å². The predicted octanol–water partition coefficient (Wildman–Crippen LogP) is 2.04. The summed E-state index contributed by atoms with van der Waals surface area (Å²) in [7, 11) is 1.60. The fourth-order valence-corrected chi connectivity index (χ4v) is 3.92. The summed E-state index contributed by atoms with van der Waals surface area (Å²) in [5.74, 6) is 0.830. The van der Waals surface area contributed by atoms with Gasteiger partial charge in [0.25, 0.3) is 5.91 Å². The Morgan fingerprint density at radius 3 is 2.54 bits per heavy atom. The Labute approximate surface area is 165 Å². The molecular weight excluding hydrogens is 354 g/mol. The number of nitrogens with zero attached hydrogens (tertiary/aromatic N) is 3. The van der Waals surface area contributed by atoms with Gasteiger partial charge in [-0.25, -0.2) is 0 Å². The lowest BCUT2D eigenvalue weighted by molar-refractivity contribution is -0.120. The summed E-state index contributed by atoms with van der Waals surface area (Å²) >= 11 is 0. The van der Waals surface area contributed by atoms with Crippen molar-refractivity contribution in [2.45, 2.75) is 6.42 Å². The van der Waals surface area contributed by atoms with Crippen molar-refractivity contribution in [3.8, 4) is 5.75 Å². The Balaban J connectivity index is 1.32. The Morgan fingerprint density at radius 1 is 0.964 bits per heavy atom. The summed E-state index contributed by atoms with van der Waals surface area (Å²) in [6.07, 6.45) is 0.921. The van der Waals surface area contributed by atoms with Gasteiger partial charge >= 0.3 is 0 Å². The number of hydrogen-bond donors (Lipinski definition) is 0. The number of fused-ring (bicyclic) bond motifs is 1. The summed E-state index contributed by atoms with van der Waals surface area (Å²) < 4.78 is 5.21. The average molecular weight is 379 g/mol. The van der Waals surface area contributed by atoms with Crippen molar-refractivity contribution >= 4 is 17.5 Å². The van der Waals surface area contributed by atoms with Crippen LogP contribution in [-0.2, 0) is 11.2 Å². The van der Waals surface area contributed by atoms with Gasteiger partial charge in [-0.15, -0.1) is 0 Å². The predicted molar refractivity (Wildman–Crippen MR) is 108 cm³/mol. The molecule has 2 aliphatic rings. The standard InChI is InChI=1S/C22H25N3O3/c1-28-19-7-4-6-18(15-19)22(27)24-13-11-23(12-14-24)16-21(26)25-10-9-17-5-2-3-8-20(17)25/h2-8,15H,9-14,16H2,1H3. The summed E-state index contributed by atoms with van der Waals surface area (Å²) in [4.78, 5) is 31.4. The number of hydrogen-bond acceptors (Lipinski definition) is 4. The van der Waals surface area contributed by atoms with Crippen LogP contribution in [0.3, 0.4) is 0 Å². The molecule has 2 aliphatic heterocycles. The van der Waals surface area contributed by atoms with Gasteiger partial charge in [-0.1, -0.05) is 24.3 Å². The first-order chi connectivity index (χ1) is 13.7. The second kappa shape index (κ2) is 8.02. The van der Waals surface area contributed by atoms with Gasteiger partial charge in [-0.2, -0.15) is 0 Å². The molecule has 0 atom stereocenters. The molecule has 1 saturated heterocycles. The molecule has 1 fully saturated rings. The van der Waals surface area contributed by atoms with Gasteiger partial charge < -0.3 is 14.5 Å². The van der Waals surface area contributed by atoms with Crippen molar-refractivity contribution in [1.82, 2.24) is 9.80 Å². The van der Waals surface area contributed by atoms with Crippen molar-refractivity contribution < 1.29 is 14.3 Å². The second-order valence-corrected chi connectivity index (χ2v) is 7.22. The summed E-state index contributed by atoms with van der Waals surface area (Å²) in [6, 6.07) is 15.3. The van der Waals surface area contributed by atoms with E-state index < -0.39 is 0 Å². The maximum Gasteiger partial charge on any atom is 0.254 e. The number of carbonyl (C=O) groups excluding carboxylic acids is 2. The topological polar surface area (TPSA) is 53.1 Å². The van der Waals surface area contributed by atoms with Crippen LogP contribution in [0, 0.1) is 0 Å². The molecule has 2 aromatic carbocycles. The minimum Gasteiger partial charge on any atom is -0.497 e. The summed E-state index contributed by atoms with van der Waals surface area (Å²) in [5, 5.41) is 0. The molecule has 0 spiro atoms. The zero-order valence-corrected chi connectivity index (χ0v) is 16.1. The highest BCUT2D eigenvalue weighted by atomic mass is 16.5. The fourth-order valence-electron chi connectivity index (χ4n) is 3.92. The quantitative estimate of drug-likeness (QED) is 0.816. The van der Waals surface area contributed by atoms with Gasteiger partial charge in [0.2, 0.25) is 5.91 Å². The minimum absolute atomic E-state index is 0.0124. The van der Waals surface area contributed by atoms with E-state index >= 15 is 0 Å². The molecule has 0 aliphatic carbocycles. The second-order valence-electron chi connectivity index (χ2n) is 7.22. The van der Waals surface area contributed by atoms with Gasteiger partial charge in [0, 0.05) is 44.0 Å². The smallest absolute Gasteiger partial charge is 0.254 e. The van der Waals surface area contributed by atoms with Crippen LogP contribution in [0.5, 0.6) is 5.75 Å². The van der Waals surface area contributed by atoms with Crippen LogP contribution in [-0.4, -0.2) is 68.0 Å². The van der Waals surface area contributed by atoms with Gasteiger partial charge in [0.1, 0.15) is 5.75 Å². The first-order valence-corrected chi connectivity index (χ1v) is 9.69. The lowest BCUT2D eigenvalue weighted by atomic mass is 10.1. The lowest BCUT2D eigenvalue weighted by Gasteiger charge is -2.35. The summed E-state index contributed by atoms with van der Waals surface area (Å²) in [6.45, 7) is 3.82. The van der Waals surface area contributed by atoms with Gasteiger partial charge in [0.05, 0.1) is 13.7 Å². The van der Waals surface area contributed by atoms with Crippen molar-refractivity contribution in [2.24, 2.45) is 0 Å². The maximum absolute atomic E-state index is 12.8. The van der Waals surface area contributed by atoms with E-state index in [1.165, 1.54) is 5.56 Å². The third-order valence-corrected chi connectivity index (χ3v) is 5.52. The molecule has 2 amide bonds. The maximum atomic E-state index is 12.8. The minimum atomic E-state index is 0.0124. The Hall–Kier alpha value is -2.86. The Kier molecular flexibility index (Phi) is 5.30. The van der Waals surface area contributed by atoms with Crippen LogP contribution in [0.15, 0.2) is 48.5 Å².